The van der Waals surface area contributed by atoms with Crippen LogP contribution >= 0.6 is 0 Å². The zero-order valence-electron chi connectivity index (χ0n) is 20.1. The van der Waals surface area contributed by atoms with Crippen LogP contribution in [0.5, 0.6) is 40.2 Å². The second-order valence-corrected chi connectivity index (χ2v) is 9.22. The Morgan fingerprint density at radius 3 is 2.11 bits per heavy atom. The van der Waals surface area contributed by atoms with Crippen molar-refractivity contribution in [3.63, 3.8) is 0 Å². The van der Waals surface area contributed by atoms with E-state index in [2.05, 4.69) is 0 Å². The molecule has 0 saturated heterocycles. The van der Waals surface area contributed by atoms with Crippen LogP contribution in [0, 0.1) is 0 Å². The largest absolute Gasteiger partial charge is 0.508 e. The summed E-state index contributed by atoms with van der Waals surface area (Å²) in [7, 11) is 3.12. The van der Waals surface area contributed by atoms with Crippen LogP contribution in [0.2, 0.25) is 0 Å². The van der Waals surface area contributed by atoms with E-state index in [9.17, 15) is 15.3 Å². The molecule has 182 valence electrons. The van der Waals surface area contributed by atoms with Gasteiger partial charge in [-0.05, 0) is 83.8 Å². The lowest BCUT2D eigenvalue weighted by atomic mass is 9.84. The fourth-order valence-corrected chi connectivity index (χ4v) is 5.50. The molecule has 4 aromatic rings. The van der Waals surface area contributed by atoms with Crippen molar-refractivity contribution < 1.29 is 29.5 Å². The van der Waals surface area contributed by atoms with E-state index in [4.69, 9.17) is 14.2 Å². The fourth-order valence-electron chi connectivity index (χ4n) is 5.50. The first-order valence-corrected chi connectivity index (χ1v) is 11.9. The molecule has 0 heterocycles. The lowest BCUT2D eigenvalue weighted by Gasteiger charge is -2.25. The van der Waals surface area contributed by atoms with Gasteiger partial charge in [-0.15, -0.1) is 0 Å². The van der Waals surface area contributed by atoms with Gasteiger partial charge in [-0.3, -0.25) is 0 Å². The second-order valence-electron chi connectivity index (χ2n) is 9.22. The van der Waals surface area contributed by atoms with Crippen LogP contribution in [-0.4, -0.2) is 29.5 Å². The summed E-state index contributed by atoms with van der Waals surface area (Å²) in [5.41, 5.74) is 7.41. The summed E-state index contributed by atoms with van der Waals surface area (Å²) in [4.78, 5) is 0. The van der Waals surface area contributed by atoms with Crippen molar-refractivity contribution in [3.8, 4) is 62.5 Å². The fraction of sp³-hybridized carbons (Fsp3) is 0.200. The monoisotopic (exact) mass is 482 g/mol. The number of phenolic OH excluding ortho intramolecular Hbond substituents is 3. The highest BCUT2D eigenvalue weighted by atomic mass is 16.5. The molecule has 0 atom stereocenters. The van der Waals surface area contributed by atoms with Crippen molar-refractivity contribution in [1.29, 1.82) is 0 Å². The summed E-state index contributed by atoms with van der Waals surface area (Å²) in [6.45, 7) is 0. The molecule has 36 heavy (non-hydrogen) atoms. The van der Waals surface area contributed by atoms with Gasteiger partial charge >= 0.3 is 0 Å². The van der Waals surface area contributed by atoms with Crippen molar-refractivity contribution in [2.24, 2.45) is 0 Å². The maximum atomic E-state index is 11.0. The number of aromatic hydroxyl groups is 3. The van der Waals surface area contributed by atoms with Crippen LogP contribution in [0.25, 0.3) is 22.3 Å². The molecule has 0 fully saturated rings. The molecule has 2 aliphatic rings. The number of rotatable bonds is 4. The van der Waals surface area contributed by atoms with E-state index in [-0.39, 0.29) is 17.2 Å². The predicted molar refractivity (Wildman–Crippen MR) is 137 cm³/mol. The summed E-state index contributed by atoms with van der Waals surface area (Å²) in [5, 5.41) is 31.6. The molecule has 0 saturated carbocycles. The number of fused-ring (bicyclic) bond motifs is 6. The Morgan fingerprint density at radius 2 is 1.31 bits per heavy atom. The lowest BCUT2D eigenvalue weighted by Crippen LogP contribution is -2.07. The predicted octanol–water partition coefficient (Wildman–Crippen LogP) is 6.14. The van der Waals surface area contributed by atoms with Gasteiger partial charge < -0.3 is 29.5 Å². The topological polar surface area (TPSA) is 88.4 Å². The van der Waals surface area contributed by atoms with Crippen molar-refractivity contribution in [2.75, 3.05) is 14.2 Å². The highest BCUT2D eigenvalue weighted by Crippen LogP contribution is 2.50. The number of ether oxygens (including phenoxy) is 3. The first-order valence-electron chi connectivity index (χ1n) is 11.9. The summed E-state index contributed by atoms with van der Waals surface area (Å²) in [6, 6.07) is 16.4. The van der Waals surface area contributed by atoms with E-state index in [1.165, 1.54) is 7.11 Å². The minimum Gasteiger partial charge on any atom is -0.508 e. The third-order valence-corrected chi connectivity index (χ3v) is 7.20. The molecule has 0 amide bonds. The average molecular weight is 483 g/mol. The Hall–Kier alpha value is -4.32. The van der Waals surface area contributed by atoms with E-state index in [1.54, 1.807) is 31.4 Å². The molecular weight excluding hydrogens is 456 g/mol. The number of hydrogen-bond acceptors (Lipinski definition) is 6. The minimum atomic E-state index is 0.0689. The van der Waals surface area contributed by atoms with Gasteiger partial charge in [0.25, 0.3) is 0 Å². The summed E-state index contributed by atoms with van der Waals surface area (Å²) in [5.74, 6) is 2.77. The molecule has 0 aromatic heterocycles. The van der Waals surface area contributed by atoms with E-state index >= 15 is 0 Å². The number of benzene rings is 4. The Bertz CT molecular complexity index is 1520. The Labute approximate surface area is 209 Å². The maximum Gasteiger partial charge on any atom is 0.166 e. The number of aryl methyl sites for hydroxylation is 3. The molecular formula is C30H26O6. The molecule has 3 N–H and O–H groups in total. The molecule has 0 aliphatic heterocycles. The highest BCUT2D eigenvalue weighted by molar-refractivity contribution is 5.84. The van der Waals surface area contributed by atoms with Crippen LogP contribution in [0.4, 0.5) is 0 Å². The van der Waals surface area contributed by atoms with Crippen LogP contribution in [-0.2, 0) is 25.7 Å². The SMILES string of the molecule is COc1cc(O)c2c(c1)CCc1cc(Oc3cc(OC)c(O)c4c3CCc3cc(O)ccc3-4)ccc1-2. The molecule has 0 spiro atoms. The van der Waals surface area contributed by atoms with Crippen molar-refractivity contribution in [1.82, 2.24) is 0 Å². The van der Waals surface area contributed by atoms with Crippen LogP contribution in [0.15, 0.2) is 54.6 Å². The molecule has 6 nitrogen and oxygen atoms in total. The van der Waals surface area contributed by atoms with Crippen LogP contribution in [0.3, 0.4) is 0 Å². The minimum absolute atomic E-state index is 0.0689. The summed E-state index contributed by atoms with van der Waals surface area (Å²) < 4.78 is 17.2. The van der Waals surface area contributed by atoms with Crippen molar-refractivity contribution in [3.05, 3.63) is 76.9 Å². The number of hydrogen-bond donors (Lipinski definition) is 3. The molecule has 6 heteroatoms. The smallest absolute Gasteiger partial charge is 0.166 e. The maximum absolute atomic E-state index is 11.0. The van der Waals surface area contributed by atoms with Gasteiger partial charge in [-0.2, -0.15) is 0 Å². The van der Waals surface area contributed by atoms with Gasteiger partial charge in [0.1, 0.15) is 28.7 Å². The number of phenols is 3. The van der Waals surface area contributed by atoms with Crippen LogP contribution in [0.1, 0.15) is 22.3 Å². The van der Waals surface area contributed by atoms with E-state index in [1.807, 2.05) is 30.3 Å². The summed E-state index contributed by atoms with van der Waals surface area (Å²) in [6.07, 6.45) is 3.00. The van der Waals surface area contributed by atoms with Gasteiger partial charge in [-0.25, -0.2) is 0 Å². The van der Waals surface area contributed by atoms with Crippen molar-refractivity contribution >= 4 is 0 Å². The molecule has 6 rings (SSSR count). The second kappa shape index (κ2) is 8.41. The third kappa shape index (κ3) is 3.49. The third-order valence-electron chi connectivity index (χ3n) is 7.20. The Kier molecular flexibility index (Phi) is 5.18. The van der Waals surface area contributed by atoms with Gasteiger partial charge in [0.05, 0.1) is 14.2 Å². The molecule has 2 aliphatic carbocycles. The normalized spacial score (nSPS) is 13.2. The van der Waals surface area contributed by atoms with Gasteiger partial charge in [-0.1, -0.05) is 12.1 Å². The standard InChI is InChI=1S/C30H26O6/c1-34-21-13-18-4-3-17-12-20(7-10-22(17)28(18)25(32)14-21)36-26-15-27(35-2)30(33)29-23-9-6-19(31)11-16(23)5-8-24(26)29/h6-7,9-15,31-33H,3-5,8H2,1-2H3. The quantitative estimate of drug-likeness (QED) is 0.324. The first-order chi connectivity index (χ1) is 17.5. The zero-order valence-corrected chi connectivity index (χ0v) is 20.1. The first kappa shape index (κ1) is 22.2. The zero-order chi connectivity index (χ0) is 25.0. The Morgan fingerprint density at radius 1 is 0.611 bits per heavy atom. The average Bonchev–Trinajstić information content (AvgIpc) is 2.89. The van der Waals surface area contributed by atoms with Gasteiger partial charge in [0.2, 0.25) is 0 Å². The van der Waals surface area contributed by atoms with Gasteiger partial charge in [0.15, 0.2) is 11.5 Å². The van der Waals surface area contributed by atoms with Crippen LogP contribution < -0.4 is 14.2 Å². The summed E-state index contributed by atoms with van der Waals surface area (Å²) >= 11 is 0. The lowest BCUT2D eigenvalue weighted by molar-refractivity contribution is 0.369. The highest BCUT2D eigenvalue weighted by Gasteiger charge is 2.27. The van der Waals surface area contributed by atoms with Crippen molar-refractivity contribution in [2.45, 2.75) is 25.7 Å². The Balaban J connectivity index is 1.41. The molecule has 0 bridgehead atoms. The van der Waals surface area contributed by atoms with E-state index in [0.717, 1.165) is 58.2 Å². The van der Waals surface area contributed by atoms with E-state index in [0.29, 0.717) is 35.0 Å². The molecule has 0 radical (unpaired) electrons. The van der Waals surface area contributed by atoms with Gasteiger partial charge in [0, 0.05) is 28.8 Å². The molecule has 0 unspecified atom stereocenters. The molecule has 4 aromatic carbocycles. The van der Waals surface area contributed by atoms with E-state index < -0.39 is 0 Å². The number of methoxy groups -OCH3 is 2.